The average Bonchev–Trinajstić information content (AvgIpc) is 3.74. The number of aliphatic imine (C=N–C) groups is 2. The van der Waals surface area contributed by atoms with Crippen molar-refractivity contribution in [3.05, 3.63) is 126 Å². The van der Waals surface area contributed by atoms with Crippen LogP contribution in [0, 0.1) is 0 Å². The van der Waals surface area contributed by atoms with Crippen LogP contribution in [0.2, 0.25) is 0 Å². The molecule has 0 unspecified atom stereocenters. The number of hydrogen-bond acceptors (Lipinski definition) is 9. The zero-order valence-electron chi connectivity index (χ0n) is 27.0. The third-order valence-electron chi connectivity index (χ3n) is 7.66. The number of benzene rings is 3. The minimum absolute atomic E-state index is 0. The normalized spacial score (nSPS) is 16.9. The quantitative estimate of drug-likeness (QED) is 0.138. The predicted octanol–water partition coefficient (Wildman–Crippen LogP) is 4.55. The molecule has 0 spiro atoms. The van der Waals surface area contributed by atoms with Crippen LogP contribution in [0.4, 0.5) is 10.5 Å². The molecular formula is C37H38N4NiO6. The number of alkyl carbamates (subject to hydrolysis) is 1. The van der Waals surface area contributed by atoms with E-state index in [1.165, 1.54) is 6.26 Å². The summed E-state index contributed by atoms with van der Waals surface area (Å²) in [6.45, 7) is 6.52. The van der Waals surface area contributed by atoms with Crippen LogP contribution in [0.15, 0.2) is 118 Å². The summed E-state index contributed by atoms with van der Waals surface area (Å²) in [7, 11) is 0. The monoisotopic (exact) mass is 692 g/mol. The van der Waals surface area contributed by atoms with Crippen molar-refractivity contribution >= 4 is 29.4 Å². The maximum absolute atomic E-state index is 13.7. The van der Waals surface area contributed by atoms with Gasteiger partial charge in [0.05, 0.1) is 23.6 Å². The number of ether oxygens (including phenoxy) is 1. The van der Waals surface area contributed by atoms with Crippen molar-refractivity contribution in [3.63, 3.8) is 0 Å². The number of hydrogen-bond donors (Lipinski definition) is 1. The minimum atomic E-state index is -1.65. The Morgan fingerprint density at radius 1 is 0.958 bits per heavy atom. The minimum Gasteiger partial charge on any atom is -0.861 e. The van der Waals surface area contributed by atoms with Crippen molar-refractivity contribution in [2.45, 2.75) is 63.9 Å². The van der Waals surface area contributed by atoms with E-state index >= 15 is 0 Å². The van der Waals surface area contributed by atoms with E-state index in [1.54, 1.807) is 81.4 Å². The molecule has 1 N–H and O–H groups in total. The van der Waals surface area contributed by atoms with Crippen LogP contribution in [0.25, 0.3) is 0 Å². The first kappa shape index (κ1) is 36.1. The van der Waals surface area contributed by atoms with Crippen LogP contribution in [0.1, 0.15) is 62.1 Å². The van der Waals surface area contributed by atoms with Gasteiger partial charge in [-0.2, -0.15) is 0 Å². The Morgan fingerprint density at radius 2 is 1.62 bits per heavy atom. The molecular weight excluding hydrogens is 655 g/mol. The van der Waals surface area contributed by atoms with Gasteiger partial charge in [-0.15, -0.1) is 0 Å². The third kappa shape index (κ3) is 9.43. The number of carboxylic acids is 1. The Morgan fingerprint density at radius 3 is 2.27 bits per heavy atom. The summed E-state index contributed by atoms with van der Waals surface area (Å²) in [5, 5.41) is 29.1. The molecule has 0 bridgehead atoms. The van der Waals surface area contributed by atoms with Crippen molar-refractivity contribution in [1.29, 1.82) is 0 Å². The smallest absolute Gasteiger partial charge is 0.861 e. The summed E-state index contributed by atoms with van der Waals surface area (Å²) in [6.07, 6.45) is 2.09. The molecule has 0 saturated carbocycles. The van der Waals surface area contributed by atoms with Gasteiger partial charge in [0.1, 0.15) is 23.4 Å². The van der Waals surface area contributed by atoms with Gasteiger partial charge in [0, 0.05) is 23.7 Å². The second-order valence-corrected chi connectivity index (χ2v) is 12.3. The zero-order valence-corrected chi connectivity index (χ0v) is 28.0. The predicted molar refractivity (Wildman–Crippen MR) is 175 cm³/mol. The second kappa shape index (κ2) is 16.4. The summed E-state index contributed by atoms with van der Waals surface area (Å²) >= 11 is 0. The fourth-order valence-corrected chi connectivity index (χ4v) is 5.58. The molecule has 1 aliphatic heterocycles. The first-order chi connectivity index (χ1) is 22.6. The van der Waals surface area contributed by atoms with E-state index in [9.17, 15) is 19.8 Å². The summed E-state index contributed by atoms with van der Waals surface area (Å²) in [4.78, 5) is 37.1. The maximum atomic E-state index is 13.7. The Balaban J connectivity index is 0.00000520. The van der Waals surface area contributed by atoms with E-state index in [1.807, 2.05) is 36.4 Å². The summed E-state index contributed by atoms with van der Waals surface area (Å²) in [5.74, 6) is -1.69. The number of aliphatic carboxylic acids is 1. The van der Waals surface area contributed by atoms with Gasteiger partial charge >= 0.3 is 22.6 Å². The van der Waals surface area contributed by atoms with Gasteiger partial charge in [-0.25, -0.2) is 4.79 Å². The second-order valence-electron chi connectivity index (χ2n) is 12.3. The number of furan rings is 1. The van der Waals surface area contributed by atoms with Crippen LogP contribution in [-0.2, 0) is 32.6 Å². The van der Waals surface area contributed by atoms with E-state index in [2.05, 4.69) is 15.2 Å². The molecule has 3 atom stereocenters. The molecule has 1 aliphatic rings. The molecule has 1 fully saturated rings. The molecule has 5 rings (SSSR count). The van der Waals surface area contributed by atoms with E-state index in [0.29, 0.717) is 29.8 Å². The van der Waals surface area contributed by atoms with E-state index < -0.39 is 35.8 Å². The van der Waals surface area contributed by atoms with E-state index in [4.69, 9.17) is 14.1 Å². The Labute approximate surface area is 290 Å². The van der Waals surface area contributed by atoms with Gasteiger partial charge in [0.2, 0.25) is 0 Å². The van der Waals surface area contributed by atoms with Gasteiger partial charge in [-0.3, -0.25) is 14.9 Å². The Kier molecular flexibility index (Phi) is 12.3. The molecule has 1 amide bonds. The number of carbonyl (C=O) groups is 2. The van der Waals surface area contributed by atoms with Gasteiger partial charge in [0.15, 0.2) is 0 Å². The van der Waals surface area contributed by atoms with Crippen molar-refractivity contribution < 1.29 is 45.4 Å². The number of rotatable bonds is 11. The number of nitrogens with zero attached hydrogens (tertiary/aromatic N) is 3. The third-order valence-corrected chi connectivity index (χ3v) is 7.66. The average molecular weight is 693 g/mol. The van der Waals surface area contributed by atoms with Gasteiger partial charge < -0.3 is 29.5 Å². The van der Waals surface area contributed by atoms with Crippen LogP contribution in [-0.4, -0.2) is 52.8 Å². The number of nitrogens with one attached hydrogen (secondary N) is 1. The zero-order chi connectivity index (χ0) is 33.4. The SMILES string of the molecule is CC(C)(C)OC(=O)N[C@H](c1ccco1)[C@@H](N=C(c1ccccc1)c1ccccc1N=C([O-])[C@H]1CCCN1Cc1ccccc1)C(=O)[O-].[Ni+2]. The Hall–Kier alpha value is -4.73. The first-order valence-electron chi connectivity index (χ1n) is 15.6. The fraction of sp³-hybridized carbons (Fsp3) is 0.297. The van der Waals surface area contributed by atoms with Crippen LogP contribution in [0.3, 0.4) is 0 Å². The van der Waals surface area contributed by atoms with Crippen molar-refractivity contribution in [2.75, 3.05) is 6.54 Å². The van der Waals surface area contributed by atoms with Crippen molar-refractivity contribution in [2.24, 2.45) is 9.98 Å². The molecule has 0 radical (unpaired) electrons. The number of para-hydroxylation sites is 1. The number of carboxylic acid groups (broad SMARTS) is 1. The maximum Gasteiger partial charge on any atom is 2.00 e. The van der Waals surface area contributed by atoms with Crippen LogP contribution < -0.4 is 15.5 Å². The molecule has 3 aromatic carbocycles. The summed E-state index contributed by atoms with van der Waals surface area (Å²) < 4.78 is 11.0. The topological polar surface area (TPSA) is 143 Å². The fourth-order valence-electron chi connectivity index (χ4n) is 5.58. The van der Waals surface area contributed by atoms with Crippen molar-refractivity contribution in [3.8, 4) is 0 Å². The van der Waals surface area contributed by atoms with E-state index in [0.717, 1.165) is 18.5 Å². The molecule has 1 saturated heterocycles. The molecule has 4 aromatic rings. The first-order valence-corrected chi connectivity index (χ1v) is 15.6. The summed E-state index contributed by atoms with van der Waals surface area (Å²) in [6, 6.07) is 25.8. The summed E-state index contributed by atoms with van der Waals surface area (Å²) in [5.41, 5.74) is 1.90. The van der Waals surface area contributed by atoms with Crippen molar-refractivity contribution in [1.82, 2.24) is 10.2 Å². The van der Waals surface area contributed by atoms with Crippen LogP contribution >= 0.6 is 0 Å². The van der Waals surface area contributed by atoms with Gasteiger partial charge in [-0.1, -0.05) is 78.9 Å². The van der Waals surface area contributed by atoms with E-state index in [-0.39, 0.29) is 33.9 Å². The largest absolute Gasteiger partial charge is 2.00 e. The van der Waals surface area contributed by atoms with Crippen LogP contribution in [0.5, 0.6) is 0 Å². The molecule has 2 heterocycles. The standard InChI is InChI=1S/C37H40N4O6.Ni/c1-37(2,3)47-36(45)40-32(30-21-13-23-46-30)33(35(43)44)39-31(26-16-8-5-9-17-26)27-18-10-11-19-28(27)38-34(42)29-20-12-22-41(29)24-25-14-6-4-7-15-25;/h4-11,13-19,21,23,29,32-33H,12,20,22,24H2,1-3H3,(H,38,42)(H,40,45)(H,43,44);/q;+2/p-2/t29-,32-,33-;/m1./s1. The molecule has 0 aliphatic carbocycles. The number of amides is 1. The van der Waals surface area contributed by atoms with Gasteiger partial charge in [-0.05, 0) is 69.8 Å². The molecule has 48 heavy (non-hydrogen) atoms. The molecule has 11 heteroatoms. The Bertz CT molecular complexity index is 1700. The molecule has 10 nitrogen and oxygen atoms in total. The van der Waals surface area contributed by atoms with Gasteiger partial charge in [0.25, 0.3) is 0 Å². The molecule has 1 aromatic heterocycles. The molecule has 252 valence electrons. The number of carbonyl (C=O) groups excluding carboxylic acids is 2. The number of likely N-dealkylation sites (tertiary alicyclic amines) is 1.